The van der Waals surface area contributed by atoms with E-state index >= 15 is 0 Å². The van der Waals surface area contributed by atoms with Crippen LogP contribution in [-0.4, -0.2) is 30.8 Å². The number of hydrogen-bond acceptors (Lipinski definition) is 4. The van der Waals surface area contributed by atoms with Crippen molar-refractivity contribution in [2.75, 3.05) is 13.1 Å². The van der Waals surface area contributed by atoms with Gasteiger partial charge in [-0.25, -0.2) is 0 Å². The van der Waals surface area contributed by atoms with Crippen LogP contribution in [0.3, 0.4) is 0 Å². The largest absolute Gasteiger partial charge is 0.366 e. The molecule has 0 bridgehead atoms. The lowest BCUT2D eigenvalue weighted by Crippen LogP contribution is -2.32. The molecule has 28 heavy (non-hydrogen) atoms. The van der Waals surface area contributed by atoms with Crippen LogP contribution in [0.25, 0.3) is 0 Å². The topological polar surface area (TPSA) is 141 Å². The quantitative estimate of drug-likeness (QED) is 0.361. The van der Waals surface area contributed by atoms with Gasteiger partial charge in [-0.2, -0.15) is 0 Å². The van der Waals surface area contributed by atoms with Crippen LogP contribution in [0.2, 0.25) is 0 Å². The number of unbranched alkanes of at least 4 members (excludes halogenated alkanes) is 5. The Balaban J connectivity index is 2.98. The van der Waals surface area contributed by atoms with E-state index in [1.54, 1.807) is 0 Å². The Kier molecular flexibility index (Phi) is 10.9. The number of hydrogen-bond donors (Lipinski definition) is 4. The van der Waals surface area contributed by atoms with Crippen molar-refractivity contribution < 1.29 is 14.4 Å². The van der Waals surface area contributed by atoms with Crippen LogP contribution in [0.1, 0.15) is 90.5 Å². The minimum Gasteiger partial charge on any atom is -0.366 e. The molecule has 0 aliphatic carbocycles. The molecule has 156 valence electrons. The number of amides is 3. The number of carbonyl (C=O) groups excluding carboxylic acids is 3. The van der Waals surface area contributed by atoms with Gasteiger partial charge < -0.3 is 22.5 Å². The molecule has 0 aromatic heterocycles. The van der Waals surface area contributed by atoms with Gasteiger partial charge in [0.25, 0.3) is 0 Å². The van der Waals surface area contributed by atoms with Gasteiger partial charge in [-0.1, -0.05) is 39.0 Å². The molecule has 0 heterocycles. The van der Waals surface area contributed by atoms with Crippen molar-refractivity contribution in [3.63, 3.8) is 0 Å². The van der Waals surface area contributed by atoms with Crippen LogP contribution in [0.4, 0.5) is 0 Å². The summed E-state index contributed by atoms with van der Waals surface area (Å²) in [6.07, 6.45) is 7.49. The van der Waals surface area contributed by atoms with E-state index in [0.29, 0.717) is 25.1 Å². The van der Waals surface area contributed by atoms with E-state index in [1.807, 2.05) is 0 Å². The fraction of sp³-hybridized carbons (Fsp3) is 0.571. The second kappa shape index (κ2) is 12.9. The molecule has 1 atom stereocenters. The Labute approximate surface area is 167 Å². The molecule has 1 aromatic rings. The maximum absolute atomic E-state index is 12.9. The van der Waals surface area contributed by atoms with Gasteiger partial charge in [0.1, 0.15) is 0 Å². The molecular formula is C21H34N4O3. The van der Waals surface area contributed by atoms with E-state index in [4.69, 9.17) is 17.2 Å². The van der Waals surface area contributed by atoms with Gasteiger partial charge in [0.2, 0.25) is 17.7 Å². The molecule has 0 saturated heterocycles. The standard InChI is InChI=1S/C21H34N4O3/c1-2-3-4-5-8-13-25-21(28)17(9-6-7-12-22)18-14-15(19(23)26)10-11-16(18)20(24)27/h10-11,14,17H,2-9,12-13,22H2,1H3,(H2,23,26)(H2,24,27)(H,25,28)/t17-/m0/s1. The summed E-state index contributed by atoms with van der Waals surface area (Å²) in [7, 11) is 0. The minimum absolute atomic E-state index is 0.170. The van der Waals surface area contributed by atoms with Gasteiger partial charge in [-0.3, -0.25) is 14.4 Å². The molecule has 0 aliphatic rings. The van der Waals surface area contributed by atoms with Crippen molar-refractivity contribution >= 4 is 17.7 Å². The van der Waals surface area contributed by atoms with Crippen LogP contribution in [0, 0.1) is 0 Å². The molecule has 0 unspecified atom stereocenters. The highest BCUT2D eigenvalue weighted by Crippen LogP contribution is 2.27. The number of carbonyl (C=O) groups is 3. The first-order valence-electron chi connectivity index (χ1n) is 10.1. The normalized spacial score (nSPS) is 11.8. The third kappa shape index (κ3) is 7.68. The van der Waals surface area contributed by atoms with Gasteiger partial charge in [0.05, 0.1) is 5.92 Å². The number of benzene rings is 1. The zero-order chi connectivity index (χ0) is 20.9. The second-order valence-electron chi connectivity index (χ2n) is 7.07. The van der Waals surface area contributed by atoms with Crippen LogP contribution in [0.15, 0.2) is 18.2 Å². The van der Waals surface area contributed by atoms with Crippen LogP contribution in [-0.2, 0) is 4.79 Å². The lowest BCUT2D eigenvalue weighted by molar-refractivity contribution is -0.122. The molecule has 0 spiro atoms. The Morgan fingerprint density at radius 1 is 0.964 bits per heavy atom. The van der Waals surface area contributed by atoms with Crippen molar-refractivity contribution in [3.8, 4) is 0 Å². The molecule has 0 fully saturated rings. The summed E-state index contributed by atoms with van der Waals surface area (Å²) in [6.45, 7) is 3.26. The van der Waals surface area contributed by atoms with Crippen molar-refractivity contribution in [2.45, 2.75) is 64.2 Å². The first-order valence-corrected chi connectivity index (χ1v) is 10.1. The third-order valence-electron chi connectivity index (χ3n) is 4.82. The van der Waals surface area contributed by atoms with Crippen molar-refractivity contribution in [2.24, 2.45) is 17.2 Å². The molecule has 7 nitrogen and oxygen atoms in total. The van der Waals surface area contributed by atoms with Gasteiger partial charge >= 0.3 is 0 Å². The highest BCUT2D eigenvalue weighted by atomic mass is 16.2. The third-order valence-corrected chi connectivity index (χ3v) is 4.82. The molecule has 1 aromatic carbocycles. The average molecular weight is 391 g/mol. The monoisotopic (exact) mass is 390 g/mol. The van der Waals surface area contributed by atoms with E-state index in [9.17, 15) is 14.4 Å². The predicted octanol–water partition coefficient (Wildman–Crippen LogP) is 2.18. The Hall–Kier alpha value is -2.41. The van der Waals surface area contributed by atoms with E-state index in [-0.39, 0.29) is 17.0 Å². The van der Waals surface area contributed by atoms with Gasteiger partial charge in [0, 0.05) is 17.7 Å². The summed E-state index contributed by atoms with van der Waals surface area (Å²) >= 11 is 0. The van der Waals surface area contributed by atoms with E-state index in [2.05, 4.69) is 12.2 Å². The Morgan fingerprint density at radius 3 is 2.29 bits per heavy atom. The van der Waals surface area contributed by atoms with E-state index in [1.165, 1.54) is 31.0 Å². The van der Waals surface area contributed by atoms with Crippen molar-refractivity contribution in [1.82, 2.24) is 5.32 Å². The van der Waals surface area contributed by atoms with Gasteiger partial charge in [-0.15, -0.1) is 0 Å². The summed E-state index contributed by atoms with van der Waals surface area (Å²) in [5.74, 6) is -2.00. The van der Waals surface area contributed by atoms with Crippen molar-refractivity contribution in [1.29, 1.82) is 0 Å². The summed E-state index contributed by atoms with van der Waals surface area (Å²) in [5.41, 5.74) is 17.4. The summed E-state index contributed by atoms with van der Waals surface area (Å²) in [6, 6.07) is 4.43. The predicted molar refractivity (Wildman–Crippen MR) is 111 cm³/mol. The number of nitrogens with one attached hydrogen (secondary N) is 1. The Bertz CT molecular complexity index is 661. The SMILES string of the molecule is CCCCCCCNC(=O)[C@@H](CCCCN)c1cc(C(N)=O)ccc1C(N)=O. The molecule has 0 aliphatic heterocycles. The number of nitrogens with two attached hydrogens (primary N) is 3. The summed E-state index contributed by atoms with van der Waals surface area (Å²) in [4.78, 5) is 36.3. The molecule has 7 heteroatoms. The highest BCUT2D eigenvalue weighted by Gasteiger charge is 2.25. The van der Waals surface area contributed by atoms with Crippen LogP contribution < -0.4 is 22.5 Å². The molecule has 3 amide bonds. The average Bonchev–Trinajstić information content (AvgIpc) is 2.67. The van der Waals surface area contributed by atoms with Crippen LogP contribution >= 0.6 is 0 Å². The Morgan fingerprint density at radius 2 is 1.68 bits per heavy atom. The zero-order valence-electron chi connectivity index (χ0n) is 16.8. The summed E-state index contributed by atoms with van der Waals surface area (Å²) < 4.78 is 0. The van der Waals surface area contributed by atoms with Crippen LogP contribution in [0.5, 0.6) is 0 Å². The molecular weight excluding hydrogens is 356 g/mol. The zero-order valence-corrected chi connectivity index (χ0v) is 16.8. The van der Waals surface area contributed by atoms with Crippen molar-refractivity contribution in [3.05, 3.63) is 34.9 Å². The lowest BCUT2D eigenvalue weighted by atomic mass is 9.87. The first kappa shape index (κ1) is 23.6. The van der Waals surface area contributed by atoms with Gasteiger partial charge in [-0.05, 0) is 49.6 Å². The fourth-order valence-corrected chi connectivity index (χ4v) is 3.21. The maximum Gasteiger partial charge on any atom is 0.249 e. The maximum atomic E-state index is 12.9. The molecule has 7 N–H and O–H groups in total. The summed E-state index contributed by atoms with van der Waals surface area (Å²) in [5, 5.41) is 2.96. The van der Waals surface area contributed by atoms with E-state index in [0.717, 1.165) is 32.1 Å². The lowest BCUT2D eigenvalue weighted by Gasteiger charge is -2.20. The fourth-order valence-electron chi connectivity index (χ4n) is 3.21. The first-order chi connectivity index (χ1) is 13.4. The molecule has 0 saturated carbocycles. The van der Waals surface area contributed by atoms with E-state index < -0.39 is 17.7 Å². The number of primary amides is 2. The van der Waals surface area contributed by atoms with Gasteiger partial charge in [0.15, 0.2) is 0 Å². The second-order valence-corrected chi connectivity index (χ2v) is 7.07. The minimum atomic E-state index is -0.637. The molecule has 1 rings (SSSR count). The molecule has 0 radical (unpaired) electrons. The number of rotatable bonds is 14. The highest BCUT2D eigenvalue weighted by molar-refractivity contribution is 6.00. The smallest absolute Gasteiger partial charge is 0.249 e.